The van der Waals surface area contributed by atoms with Gasteiger partial charge in [-0.15, -0.1) is 11.6 Å². The molecule has 0 saturated heterocycles. The van der Waals surface area contributed by atoms with E-state index in [4.69, 9.17) is 21.1 Å². The number of ether oxygens (including phenoxy) is 2. The Morgan fingerprint density at radius 3 is 2.38 bits per heavy atom. The highest BCUT2D eigenvalue weighted by molar-refractivity contribution is 9.10. The monoisotopic (exact) mass is 372 g/mol. The van der Waals surface area contributed by atoms with Crippen LogP contribution in [0.15, 0.2) is 16.6 Å². The van der Waals surface area contributed by atoms with Crippen LogP contribution in [0, 0.1) is 11.8 Å². The fraction of sp³-hybridized carbons (Fsp3) is 0.647. The van der Waals surface area contributed by atoms with Crippen molar-refractivity contribution in [2.45, 2.75) is 44.4 Å². The van der Waals surface area contributed by atoms with Gasteiger partial charge < -0.3 is 9.47 Å². The average molecular weight is 374 g/mol. The van der Waals surface area contributed by atoms with E-state index in [1.54, 1.807) is 0 Å². The van der Waals surface area contributed by atoms with E-state index in [0.29, 0.717) is 19.1 Å². The third-order valence-electron chi connectivity index (χ3n) is 4.64. The maximum Gasteiger partial charge on any atom is 0.162 e. The van der Waals surface area contributed by atoms with E-state index in [-0.39, 0.29) is 5.38 Å². The fourth-order valence-corrected chi connectivity index (χ4v) is 4.38. The van der Waals surface area contributed by atoms with E-state index in [9.17, 15) is 0 Å². The van der Waals surface area contributed by atoms with Crippen molar-refractivity contribution in [1.82, 2.24) is 0 Å². The topological polar surface area (TPSA) is 18.5 Å². The van der Waals surface area contributed by atoms with Gasteiger partial charge in [-0.1, -0.05) is 35.7 Å². The molecule has 1 fully saturated rings. The van der Waals surface area contributed by atoms with Crippen LogP contribution in [0.4, 0.5) is 0 Å². The highest BCUT2D eigenvalue weighted by Gasteiger charge is 2.28. The van der Waals surface area contributed by atoms with Gasteiger partial charge in [0.1, 0.15) is 0 Å². The van der Waals surface area contributed by atoms with E-state index in [2.05, 4.69) is 28.9 Å². The minimum Gasteiger partial charge on any atom is -0.490 e. The van der Waals surface area contributed by atoms with Crippen LogP contribution in [-0.4, -0.2) is 13.2 Å². The lowest BCUT2D eigenvalue weighted by atomic mass is 9.80. The average Bonchev–Trinajstić information content (AvgIpc) is 2.71. The van der Waals surface area contributed by atoms with Gasteiger partial charge in [0.05, 0.1) is 18.6 Å². The van der Waals surface area contributed by atoms with Crippen LogP contribution in [-0.2, 0) is 0 Å². The molecular weight excluding hydrogens is 352 g/mol. The van der Waals surface area contributed by atoms with E-state index in [0.717, 1.165) is 33.9 Å². The van der Waals surface area contributed by atoms with Gasteiger partial charge in [0.25, 0.3) is 0 Å². The Balaban J connectivity index is 1.82. The van der Waals surface area contributed by atoms with Crippen LogP contribution in [0.5, 0.6) is 11.5 Å². The van der Waals surface area contributed by atoms with Gasteiger partial charge >= 0.3 is 0 Å². The molecule has 21 heavy (non-hydrogen) atoms. The summed E-state index contributed by atoms with van der Waals surface area (Å²) in [6.45, 7) is 3.76. The number of alkyl halides is 1. The molecule has 1 unspecified atom stereocenters. The summed E-state index contributed by atoms with van der Waals surface area (Å²) in [5.74, 6) is 3.06. The molecule has 0 amide bonds. The zero-order valence-corrected chi connectivity index (χ0v) is 14.8. The maximum atomic E-state index is 6.79. The smallest absolute Gasteiger partial charge is 0.162 e. The van der Waals surface area contributed by atoms with Crippen LogP contribution < -0.4 is 9.47 Å². The molecule has 3 rings (SSSR count). The third kappa shape index (κ3) is 3.50. The Kier molecular flexibility index (Phi) is 5.00. The molecule has 4 heteroatoms. The Labute approximate surface area is 140 Å². The number of fused-ring (bicyclic) bond motifs is 1. The summed E-state index contributed by atoms with van der Waals surface area (Å²) in [5, 5.41) is 0.0454. The molecule has 2 nitrogen and oxygen atoms in total. The second-order valence-corrected chi connectivity index (χ2v) is 7.62. The Morgan fingerprint density at radius 1 is 1.10 bits per heavy atom. The largest absolute Gasteiger partial charge is 0.490 e. The lowest BCUT2D eigenvalue weighted by Gasteiger charge is -2.30. The van der Waals surface area contributed by atoms with Crippen molar-refractivity contribution in [3.8, 4) is 11.5 Å². The van der Waals surface area contributed by atoms with Crippen molar-refractivity contribution in [2.75, 3.05) is 13.2 Å². The minimum atomic E-state index is 0.0454. The molecule has 0 bridgehead atoms. The highest BCUT2D eigenvalue weighted by atomic mass is 79.9. The van der Waals surface area contributed by atoms with Crippen LogP contribution >= 0.6 is 27.5 Å². The molecule has 1 saturated carbocycles. The first-order chi connectivity index (χ1) is 10.1. The molecule has 1 aromatic carbocycles. The first-order valence-electron chi connectivity index (χ1n) is 7.88. The fourth-order valence-electron chi connectivity index (χ4n) is 3.24. The van der Waals surface area contributed by atoms with Gasteiger partial charge in [-0.3, -0.25) is 0 Å². The molecule has 1 aromatic rings. The van der Waals surface area contributed by atoms with Crippen LogP contribution in [0.3, 0.4) is 0 Å². The first kappa shape index (κ1) is 15.5. The minimum absolute atomic E-state index is 0.0454. The van der Waals surface area contributed by atoms with Crippen molar-refractivity contribution in [3.63, 3.8) is 0 Å². The van der Waals surface area contributed by atoms with Gasteiger partial charge in [-0.05, 0) is 42.4 Å². The van der Waals surface area contributed by atoms with E-state index in [1.165, 1.54) is 25.7 Å². The molecule has 1 aliphatic heterocycles. The van der Waals surface area contributed by atoms with Crippen LogP contribution in [0.2, 0.25) is 0 Å². The van der Waals surface area contributed by atoms with Gasteiger partial charge in [0, 0.05) is 10.9 Å². The molecule has 116 valence electrons. The van der Waals surface area contributed by atoms with Crippen molar-refractivity contribution < 1.29 is 9.47 Å². The number of hydrogen-bond acceptors (Lipinski definition) is 2. The van der Waals surface area contributed by atoms with Crippen molar-refractivity contribution >= 4 is 27.5 Å². The summed E-state index contributed by atoms with van der Waals surface area (Å²) < 4.78 is 12.6. The zero-order chi connectivity index (χ0) is 14.8. The summed E-state index contributed by atoms with van der Waals surface area (Å²) in [7, 11) is 0. The molecule has 0 N–H and O–H groups in total. The number of hydrogen-bond donors (Lipinski definition) is 0. The maximum absolute atomic E-state index is 6.79. The molecule has 2 aliphatic rings. The van der Waals surface area contributed by atoms with Crippen molar-refractivity contribution in [3.05, 3.63) is 22.2 Å². The second kappa shape index (κ2) is 6.78. The Morgan fingerprint density at radius 2 is 1.71 bits per heavy atom. The van der Waals surface area contributed by atoms with Gasteiger partial charge in [0.2, 0.25) is 0 Å². The molecule has 0 radical (unpaired) electrons. The van der Waals surface area contributed by atoms with Gasteiger partial charge in [-0.2, -0.15) is 0 Å². The molecular formula is C17H22BrClO2. The first-order valence-corrected chi connectivity index (χ1v) is 9.11. The zero-order valence-electron chi connectivity index (χ0n) is 12.4. The summed E-state index contributed by atoms with van der Waals surface area (Å²) >= 11 is 10.5. The van der Waals surface area contributed by atoms with Gasteiger partial charge in [0.15, 0.2) is 11.5 Å². The standard InChI is InChI=1S/C17H22BrClO2/c1-11-3-5-12(6-4-11)17(19)13-9-15-16(10-14(13)18)21-8-2-7-20-15/h9-12,17H,2-8H2,1H3. The normalized spacial score (nSPS) is 27.0. The summed E-state index contributed by atoms with van der Waals surface area (Å²) in [6.07, 6.45) is 5.94. The van der Waals surface area contributed by atoms with Crippen molar-refractivity contribution in [1.29, 1.82) is 0 Å². The number of rotatable bonds is 2. The van der Waals surface area contributed by atoms with E-state index < -0.39 is 0 Å². The lowest BCUT2D eigenvalue weighted by Crippen LogP contribution is -2.17. The Bertz CT molecular complexity index is 498. The van der Waals surface area contributed by atoms with E-state index in [1.807, 2.05) is 6.07 Å². The summed E-state index contributed by atoms with van der Waals surface area (Å²) in [5.41, 5.74) is 1.14. The molecule has 1 aliphatic carbocycles. The predicted octanol–water partition coefficient (Wildman–Crippen LogP) is 5.72. The lowest BCUT2D eigenvalue weighted by molar-refractivity contribution is 0.282. The SMILES string of the molecule is CC1CCC(C(Cl)c2cc3c(cc2Br)OCCCO3)CC1. The second-order valence-electron chi connectivity index (χ2n) is 6.29. The molecule has 1 atom stereocenters. The van der Waals surface area contributed by atoms with Gasteiger partial charge in [-0.25, -0.2) is 0 Å². The molecule has 0 aromatic heterocycles. The number of benzene rings is 1. The predicted molar refractivity (Wildman–Crippen MR) is 89.5 cm³/mol. The van der Waals surface area contributed by atoms with Crippen LogP contribution in [0.1, 0.15) is 50.0 Å². The molecule has 1 heterocycles. The summed E-state index contributed by atoms with van der Waals surface area (Å²) in [6, 6.07) is 4.08. The quantitative estimate of drug-likeness (QED) is 0.617. The number of halogens is 2. The summed E-state index contributed by atoms with van der Waals surface area (Å²) in [4.78, 5) is 0. The third-order valence-corrected chi connectivity index (χ3v) is 5.92. The van der Waals surface area contributed by atoms with Crippen LogP contribution in [0.25, 0.3) is 0 Å². The molecule has 0 spiro atoms. The highest BCUT2D eigenvalue weighted by Crippen LogP contribution is 2.45. The Hall–Kier alpha value is -0.410. The van der Waals surface area contributed by atoms with E-state index >= 15 is 0 Å². The van der Waals surface area contributed by atoms with Crippen molar-refractivity contribution in [2.24, 2.45) is 11.8 Å².